The normalized spacial score (nSPS) is 16.8. The first-order chi connectivity index (χ1) is 11.6. The maximum atomic E-state index is 14.6. The number of carboxylic acids is 1. The Hall–Kier alpha value is -2.57. The van der Waals surface area contributed by atoms with Crippen LogP contribution in [0.25, 0.3) is 0 Å². The molecule has 24 heavy (non-hydrogen) atoms. The Kier molecular flexibility index (Phi) is 4.69. The van der Waals surface area contributed by atoms with E-state index in [-0.39, 0.29) is 17.2 Å². The average molecular weight is 333 g/mol. The number of rotatable bonds is 4. The largest absolute Gasteiger partial charge is 0.476 e. The number of alkyl halides is 1. The number of halogens is 2. The summed E-state index contributed by atoms with van der Waals surface area (Å²) >= 11 is 0. The van der Waals surface area contributed by atoms with Gasteiger partial charge in [-0.1, -0.05) is 18.2 Å². The van der Waals surface area contributed by atoms with Gasteiger partial charge >= 0.3 is 5.97 Å². The molecule has 0 radical (unpaired) electrons. The van der Waals surface area contributed by atoms with E-state index in [2.05, 4.69) is 9.97 Å². The van der Waals surface area contributed by atoms with Gasteiger partial charge in [0.25, 0.3) is 0 Å². The number of piperidine rings is 1. The second kappa shape index (κ2) is 6.90. The first-order valence-corrected chi connectivity index (χ1v) is 7.75. The predicted molar refractivity (Wildman–Crippen MR) is 84.2 cm³/mol. The maximum Gasteiger partial charge on any atom is 0.356 e. The highest BCUT2D eigenvalue weighted by atomic mass is 19.1. The zero-order chi connectivity index (χ0) is 17.1. The highest BCUT2D eigenvalue weighted by Crippen LogP contribution is 2.35. The van der Waals surface area contributed by atoms with Crippen LogP contribution in [0.15, 0.2) is 36.7 Å². The summed E-state index contributed by atoms with van der Waals surface area (Å²) in [6, 6.07) is 5.95. The Balaban J connectivity index is 1.63. The van der Waals surface area contributed by atoms with Crippen LogP contribution in [0.5, 0.6) is 0 Å². The Morgan fingerprint density at radius 3 is 2.50 bits per heavy atom. The van der Waals surface area contributed by atoms with Gasteiger partial charge in [0, 0.05) is 18.7 Å². The third kappa shape index (κ3) is 3.34. The first-order valence-electron chi connectivity index (χ1n) is 7.75. The van der Waals surface area contributed by atoms with Gasteiger partial charge in [-0.25, -0.2) is 23.5 Å². The van der Waals surface area contributed by atoms with Gasteiger partial charge in [-0.2, -0.15) is 0 Å². The van der Waals surface area contributed by atoms with Crippen molar-refractivity contribution in [1.29, 1.82) is 0 Å². The standard InChI is InChI=1S/C17H17F2N3O2/c18-13-4-2-1-3-12(13)16(19)11-5-7-22(8-6-11)15-10-20-14(9-21-15)17(23)24/h1-4,9-11,16H,5-8H2,(H,23,24). The molecule has 1 saturated heterocycles. The molecule has 0 saturated carbocycles. The van der Waals surface area contributed by atoms with E-state index < -0.39 is 18.0 Å². The molecular formula is C17H17F2N3O2. The fraction of sp³-hybridized carbons (Fsp3) is 0.353. The summed E-state index contributed by atoms with van der Waals surface area (Å²) in [6.07, 6.45) is 2.43. The summed E-state index contributed by atoms with van der Waals surface area (Å²) in [6.45, 7) is 1.14. The van der Waals surface area contributed by atoms with E-state index in [0.717, 1.165) is 0 Å². The molecule has 0 spiro atoms. The fourth-order valence-electron chi connectivity index (χ4n) is 2.97. The maximum absolute atomic E-state index is 14.6. The van der Waals surface area contributed by atoms with Crippen molar-refractivity contribution in [3.63, 3.8) is 0 Å². The molecule has 1 atom stereocenters. The van der Waals surface area contributed by atoms with Crippen molar-refractivity contribution in [2.24, 2.45) is 5.92 Å². The molecule has 0 bridgehead atoms. The fourth-order valence-corrected chi connectivity index (χ4v) is 2.97. The lowest BCUT2D eigenvalue weighted by atomic mass is 9.88. The van der Waals surface area contributed by atoms with E-state index in [1.165, 1.54) is 24.5 Å². The van der Waals surface area contributed by atoms with Gasteiger partial charge in [0.05, 0.1) is 12.4 Å². The number of nitrogens with zero attached hydrogens (tertiary/aromatic N) is 3. The van der Waals surface area contributed by atoms with Crippen LogP contribution in [0.4, 0.5) is 14.6 Å². The van der Waals surface area contributed by atoms with Crippen molar-refractivity contribution in [2.75, 3.05) is 18.0 Å². The number of aromatic nitrogens is 2. The molecule has 0 amide bonds. The van der Waals surface area contributed by atoms with Crippen LogP contribution in [0, 0.1) is 11.7 Å². The molecule has 1 unspecified atom stereocenters. The number of hydrogen-bond acceptors (Lipinski definition) is 4. The van der Waals surface area contributed by atoms with E-state index >= 15 is 0 Å². The van der Waals surface area contributed by atoms with E-state index in [0.29, 0.717) is 31.7 Å². The first kappa shape index (κ1) is 16.3. The van der Waals surface area contributed by atoms with Gasteiger partial charge in [0.2, 0.25) is 0 Å². The molecule has 1 aromatic heterocycles. The van der Waals surface area contributed by atoms with E-state index in [1.807, 2.05) is 4.90 Å². The number of carboxylic acid groups (broad SMARTS) is 1. The predicted octanol–water partition coefficient (Wildman–Crippen LogP) is 3.24. The summed E-state index contributed by atoms with van der Waals surface area (Å²) in [5.41, 5.74) is -0.00133. The zero-order valence-corrected chi connectivity index (χ0v) is 12.9. The summed E-state index contributed by atoms with van der Waals surface area (Å²) < 4.78 is 28.3. The number of aromatic carboxylic acids is 1. The molecule has 7 heteroatoms. The van der Waals surface area contributed by atoms with Crippen LogP contribution in [-0.2, 0) is 0 Å². The quantitative estimate of drug-likeness (QED) is 0.930. The minimum atomic E-state index is -1.33. The van der Waals surface area contributed by atoms with Gasteiger partial charge in [-0.3, -0.25) is 0 Å². The molecule has 3 rings (SSSR count). The second-order valence-corrected chi connectivity index (χ2v) is 5.81. The lowest BCUT2D eigenvalue weighted by molar-refractivity contribution is 0.0690. The van der Waals surface area contributed by atoms with Crippen LogP contribution in [-0.4, -0.2) is 34.1 Å². The highest BCUT2D eigenvalue weighted by molar-refractivity contribution is 5.84. The topological polar surface area (TPSA) is 66.3 Å². The van der Waals surface area contributed by atoms with Gasteiger partial charge in [0.1, 0.15) is 17.8 Å². The van der Waals surface area contributed by atoms with Crippen molar-refractivity contribution < 1.29 is 18.7 Å². The SMILES string of the molecule is O=C(O)c1cnc(N2CCC(C(F)c3ccccc3F)CC2)cn1. The summed E-state index contributed by atoms with van der Waals surface area (Å²) in [4.78, 5) is 20.6. The molecule has 1 N–H and O–H groups in total. The van der Waals surface area contributed by atoms with Crippen LogP contribution in [0.1, 0.15) is 35.1 Å². The monoisotopic (exact) mass is 333 g/mol. The second-order valence-electron chi connectivity index (χ2n) is 5.81. The van der Waals surface area contributed by atoms with Crippen molar-refractivity contribution in [3.05, 3.63) is 53.7 Å². The molecule has 1 aliphatic rings. The number of benzene rings is 1. The molecule has 2 heterocycles. The molecule has 1 aromatic carbocycles. The minimum Gasteiger partial charge on any atom is -0.476 e. The molecule has 5 nitrogen and oxygen atoms in total. The molecule has 2 aromatic rings. The summed E-state index contributed by atoms with van der Waals surface area (Å²) in [7, 11) is 0. The molecule has 0 aliphatic carbocycles. The summed E-state index contributed by atoms with van der Waals surface area (Å²) in [5.74, 6) is -1.32. The lowest BCUT2D eigenvalue weighted by Crippen LogP contribution is -2.35. The third-order valence-electron chi connectivity index (χ3n) is 4.34. The van der Waals surface area contributed by atoms with Crippen LogP contribution in [0.3, 0.4) is 0 Å². The van der Waals surface area contributed by atoms with Crippen LogP contribution < -0.4 is 4.90 Å². The molecule has 1 fully saturated rings. The Bertz CT molecular complexity index is 716. The van der Waals surface area contributed by atoms with Gasteiger partial charge in [-0.15, -0.1) is 0 Å². The molecular weight excluding hydrogens is 316 g/mol. The smallest absolute Gasteiger partial charge is 0.356 e. The lowest BCUT2D eigenvalue weighted by Gasteiger charge is -2.34. The van der Waals surface area contributed by atoms with Crippen molar-refractivity contribution >= 4 is 11.8 Å². The molecule has 126 valence electrons. The number of hydrogen-bond donors (Lipinski definition) is 1. The van der Waals surface area contributed by atoms with Gasteiger partial charge < -0.3 is 10.0 Å². The highest BCUT2D eigenvalue weighted by Gasteiger charge is 2.29. The van der Waals surface area contributed by atoms with E-state index in [1.54, 1.807) is 12.1 Å². The van der Waals surface area contributed by atoms with Crippen LogP contribution >= 0.6 is 0 Å². The number of anilines is 1. The summed E-state index contributed by atoms with van der Waals surface area (Å²) in [5, 5.41) is 8.82. The Labute approximate surface area is 138 Å². The van der Waals surface area contributed by atoms with Gasteiger partial charge in [0.15, 0.2) is 5.69 Å². The average Bonchev–Trinajstić information content (AvgIpc) is 2.62. The van der Waals surface area contributed by atoms with E-state index in [4.69, 9.17) is 5.11 Å². The Morgan fingerprint density at radius 1 is 1.21 bits per heavy atom. The van der Waals surface area contributed by atoms with Crippen molar-refractivity contribution in [1.82, 2.24) is 9.97 Å². The Morgan fingerprint density at radius 2 is 1.92 bits per heavy atom. The molecule has 1 aliphatic heterocycles. The van der Waals surface area contributed by atoms with Crippen LogP contribution in [0.2, 0.25) is 0 Å². The van der Waals surface area contributed by atoms with E-state index in [9.17, 15) is 13.6 Å². The van der Waals surface area contributed by atoms with Crippen molar-refractivity contribution in [2.45, 2.75) is 19.0 Å². The van der Waals surface area contributed by atoms with Crippen molar-refractivity contribution in [3.8, 4) is 0 Å². The third-order valence-corrected chi connectivity index (χ3v) is 4.34. The van der Waals surface area contributed by atoms with Gasteiger partial charge in [-0.05, 0) is 24.8 Å². The minimum absolute atomic E-state index is 0.113. The zero-order valence-electron chi connectivity index (χ0n) is 12.9. The number of carbonyl (C=O) groups is 1.